The lowest BCUT2D eigenvalue weighted by Gasteiger charge is -1.93. The number of hydrogen-bond donors (Lipinski definition) is 1. The van der Waals surface area contributed by atoms with E-state index >= 15 is 0 Å². The number of benzene rings is 1. The van der Waals surface area contributed by atoms with Crippen LogP contribution in [0.2, 0.25) is 0 Å². The monoisotopic (exact) mass is 239 g/mol. The lowest BCUT2D eigenvalue weighted by atomic mass is 10.2. The Balaban J connectivity index is 1.97. The summed E-state index contributed by atoms with van der Waals surface area (Å²) in [5.41, 5.74) is 1.56. The van der Waals surface area contributed by atoms with Crippen LogP contribution in [0.1, 0.15) is 0 Å². The lowest BCUT2D eigenvalue weighted by molar-refractivity contribution is 0.432. The summed E-state index contributed by atoms with van der Waals surface area (Å²) in [7, 11) is 0. The highest BCUT2D eigenvalue weighted by Crippen LogP contribution is 2.23. The number of aromatic nitrogens is 3. The molecule has 2 aromatic heterocycles. The summed E-state index contributed by atoms with van der Waals surface area (Å²) in [5.74, 6) is 1.10. The average Bonchev–Trinajstić information content (AvgIpc) is 2.90. The number of phenolic OH excluding ortho intramolecular Hbond substituents is 1. The highest BCUT2D eigenvalue weighted by atomic mass is 16.5. The Hall–Kier alpha value is -2.69. The molecule has 0 fully saturated rings. The van der Waals surface area contributed by atoms with E-state index in [1.807, 2.05) is 12.1 Å². The van der Waals surface area contributed by atoms with Gasteiger partial charge >= 0.3 is 0 Å². The van der Waals surface area contributed by atoms with Gasteiger partial charge in [-0.15, -0.1) is 0 Å². The number of rotatable bonds is 2. The van der Waals surface area contributed by atoms with E-state index in [1.165, 1.54) is 0 Å². The zero-order chi connectivity index (χ0) is 12.4. The quantitative estimate of drug-likeness (QED) is 0.743. The van der Waals surface area contributed by atoms with Crippen LogP contribution in [0.3, 0.4) is 0 Å². The van der Waals surface area contributed by atoms with Gasteiger partial charge in [0.15, 0.2) is 0 Å². The number of hydrogen-bond acceptors (Lipinski definition) is 5. The molecular formula is C13H9N3O2. The molecule has 0 bridgehead atoms. The Morgan fingerprint density at radius 1 is 1.00 bits per heavy atom. The summed E-state index contributed by atoms with van der Waals surface area (Å²) >= 11 is 0. The Kier molecular flexibility index (Phi) is 2.49. The minimum absolute atomic E-state index is 0.200. The Morgan fingerprint density at radius 3 is 2.56 bits per heavy atom. The van der Waals surface area contributed by atoms with Crippen LogP contribution in [-0.4, -0.2) is 20.2 Å². The molecule has 3 aromatic rings. The molecule has 0 aliphatic carbocycles. The fourth-order valence-electron chi connectivity index (χ4n) is 1.56. The van der Waals surface area contributed by atoms with Crippen LogP contribution < -0.4 is 0 Å². The lowest BCUT2D eigenvalue weighted by Crippen LogP contribution is -1.81. The number of pyridine rings is 1. The minimum atomic E-state index is 0.200. The van der Waals surface area contributed by atoms with E-state index < -0.39 is 0 Å². The van der Waals surface area contributed by atoms with Crippen LogP contribution in [0.25, 0.3) is 22.8 Å². The SMILES string of the molecule is Oc1ccc(-c2nc(-c3cccnc3)no2)cc1. The van der Waals surface area contributed by atoms with Crippen molar-refractivity contribution in [2.24, 2.45) is 0 Å². The summed E-state index contributed by atoms with van der Waals surface area (Å²) in [5, 5.41) is 13.1. The first-order valence-electron chi connectivity index (χ1n) is 5.36. The van der Waals surface area contributed by atoms with Gasteiger partial charge in [0.2, 0.25) is 5.82 Å². The van der Waals surface area contributed by atoms with E-state index in [9.17, 15) is 5.11 Å². The fourth-order valence-corrected chi connectivity index (χ4v) is 1.56. The minimum Gasteiger partial charge on any atom is -0.508 e. The maximum atomic E-state index is 9.21. The molecule has 5 heteroatoms. The largest absolute Gasteiger partial charge is 0.508 e. The van der Waals surface area contributed by atoms with Crippen molar-refractivity contribution in [2.75, 3.05) is 0 Å². The van der Waals surface area contributed by atoms with Crippen molar-refractivity contribution in [2.45, 2.75) is 0 Å². The van der Waals surface area contributed by atoms with Gasteiger partial charge in [-0.25, -0.2) is 0 Å². The third-order valence-corrected chi connectivity index (χ3v) is 2.46. The second-order valence-electron chi connectivity index (χ2n) is 3.71. The Bertz CT molecular complexity index is 648. The number of nitrogens with zero attached hydrogens (tertiary/aromatic N) is 3. The van der Waals surface area contributed by atoms with Crippen molar-refractivity contribution >= 4 is 0 Å². The molecule has 0 saturated carbocycles. The van der Waals surface area contributed by atoms with Gasteiger partial charge in [-0.1, -0.05) is 5.16 Å². The molecule has 5 nitrogen and oxygen atoms in total. The molecule has 0 amide bonds. The standard InChI is InChI=1S/C13H9N3O2/c17-11-5-3-9(4-6-11)13-15-12(16-18-13)10-2-1-7-14-8-10/h1-8,17H. The molecule has 1 aromatic carbocycles. The first-order chi connectivity index (χ1) is 8.83. The maximum Gasteiger partial charge on any atom is 0.258 e. The average molecular weight is 239 g/mol. The zero-order valence-corrected chi connectivity index (χ0v) is 9.32. The highest BCUT2D eigenvalue weighted by molar-refractivity contribution is 5.59. The van der Waals surface area contributed by atoms with Crippen molar-refractivity contribution in [3.63, 3.8) is 0 Å². The number of phenols is 1. The molecule has 0 aliphatic rings. The van der Waals surface area contributed by atoms with Crippen molar-refractivity contribution < 1.29 is 9.63 Å². The van der Waals surface area contributed by atoms with Crippen molar-refractivity contribution in [3.8, 4) is 28.6 Å². The van der Waals surface area contributed by atoms with E-state index in [0.29, 0.717) is 11.7 Å². The third-order valence-electron chi connectivity index (χ3n) is 2.46. The van der Waals surface area contributed by atoms with Crippen LogP contribution in [0.4, 0.5) is 0 Å². The van der Waals surface area contributed by atoms with E-state index in [-0.39, 0.29) is 5.75 Å². The highest BCUT2D eigenvalue weighted by Gasteiger charge is 2.10. The molecule has 0 saturated heterocycles. The summed E-state index contributed by atoms with van der Waals surface area (Å²) < 4.78 is 5.17. The van der Waals surface area contributed by atoms with Gasteiger partial charge < -0.3 is 9.63 Å². The molecule has 0 radical (unpaired) electrons. The topological polar surface area (TPSA) is 72.0 Å². The van der Waals surface area contributed by atoms with Gasteiger partial charge in [-0.05, 0) is 36.4 Å². The molecule has 0 atom stereocenters. The number of aromatic hydroxyl groups is 1. The predicted octanol–water partition coefficient (Wildman–Crippen LogP) is 2.50. The molecule has 2 heterocycles. The van der Waals surface area contributed by atoms with E-state index in [1.54, 1.807) is 36.7 Å². The van der Waals surface area contributed by atoms with Crippen molar-refractivity contribution in [1.82, 2.24) is 15.1 Å². The van der Waals surface area contributed by atoms with Gasteiger partial charge in [0.05, 0.1) is 0 Å². The Morgan fingerprint density at radius 2 is 1.83 bits per heavy atom. The fraction of sp³-hybridized carbons (Fsp3) is 0. The molecular weight excluding hydrogens is 230 g/mol. The Labute approximate surface area is 103 Å². The summed E-state index contributed by atoms with van der Waals surface area (Å²) in [6.07, 6.45) is 3.36. The van der Waals surface area contributed by atoms with E-state index in [0.717, 1.165) is 11.1 Å². The van der Waals surface area contributed by atoms with Gasteiger partial charge in [-0.2, -0.15) is 4.98 Å². The molecule has 0 unspecified atom stereocenters. The molecule has 18 heavy (non-hydrogen) atoms. The van der Waals surface area contributed by atoms with E-state index in [2.05, 4.69) is 15.1 Å². The molecule has 88 valence electrons. The van der Waals surface area contributed by atoms with Crippen LogP contribution in [0.15, 0.2) is 53.3 Å². The molecule has 1 N–H and O–H groups in total. The second kappa shape index (κ2) is 4.29. The van der Waals surface area contributed by atoms with Gasteiger partial charge in [0.1, 0.15) is 5.75 Å². The second-order valence-corrected chi connectivity index (χ2v) is 3.71. The van der Waals surface area contributed by atoms with Gasteiger partial charge in [-0.3, -0.25) is 4.98 Å². The van der Waals surface area contributed by atoms with Gasteiger partial charge in [0.25, 0.3) is 5.89 Å². The van der Waals surface area contributed by atoms with Gasteiger partial charge in [0, 0.05) is 23.5 Å². The first-order valence-corrected chi connectivity index (χ1v) is 5.36. The van der Waals surface area contributed by atoms with Crippen LogP contribution in [0.5, 0.6) is 5.75 Å². The normalized spacial score (nSPS) is 10.4. The zero-order valence-electron chi connectivity index (χ0n) is 9.32. The third kappa shape index (κ3) is 1.93. The first kappa shape index (κ1) is 10.5. The van der Waals surface area contributed by atoms with E-state index in [4.69, 9.17) is 4.52 Å². The predicted molar refractivity (Wildman–Crippen MR) is 64.6 cm³/mol. The van der Waals surface area contributed by atoms with Crippen LogP contribution in [0, 0.1) is 0 Å². The van der Waals surface area contributed by atoms with Crippen molar-refractivity contribution in [1.29, 1.82) is 0 Å². The van der Waals surface area contributed by atoms with Crippen LogP contribution in [-0.2, 0) is 0 Å². The summed E-state index contributed by atoms with van der Waals surface area (Å²) in [6, 6.07) is 10.3. The molecule has 0 spiro atoms. The molecule has 0 aliphatic heterocycles. The smallest absolute Gasteiger partial charge is 0.258 e. The van der Waals surface area contributed by atoms with Crippen molar-refractivity contribution in [3.05, 3.63) is 48.8 Å². The maximum absolute atomic E-state index is 9.21. The van der Waals surface area contributed by atoms with Crippen LogP contribution >= 0.6 is 0 Å². The summed E-state index contributed by atoms with van der Waals surface area (Å²) in [6.45, 7) is 0. The molecule has 3 rings (SSSR count). The summed E-state index contributed by atoms with van der Waals surface area (Å²) in [4.78, 5) is 8.28.